The summed E-state index contributed by atoms with van der Waals surface area (Å²) in [7, 11) is 0. The molecule has 0 spiro atoms. The van der Waals surface area contributed by atoms with Gasteiger partial charge in [-0.25, -0.2) is 15.0 Å². The van der Waals surface area contributed by atoms with Crippen LogP contribution in [-0.4, -0.2) is 43.2 Å². The molecule has 0 unspecified atom stereocenters. The highest BCUT2D eigenvalue weighted by Gasteiger charge is 2.19. The van der Waals surface area contributed by atoms with Crippen molar-refractivity contribution in [1.82, 2.24) is 35.5 Å². The van der Waals surface area contributed by atoms with E-state index in [1.165, 1.54) is 0 Å². The summed E-state index contributed by atoms with van der Waals surface area (Å²) in [5.41, 5.74) is 5.28. The fourth-order valence-corrected chi connectivity index (χ4v) is 3.38. The number of hydrogen-bond donors (Lipinski definition) is 3. The summed E-state index contributed by atoms with van der Waals surface area (Å²) in [5, 5.41) is 10.9. The van der Waals surface area contributed by atoms with Gasteiger partial charge in [0, 0.05) is 17.8 Å². The minimum Gasteiger partial charge on any atom is -0.321 e. The highest BCUT2D eigenvalue weighted by atomic mass is 15.2. The Morgan fingerprint density at radius 2 is 1.96 bits per heavy atom. The second-order valence-electron chi connectivity index (χ2n) is 6.19. The third-order valence-electron chi connectivity index (χ3n) is 4.67. The Labute approximate surface area is 137 Å². The molecule has 7 heteroatoms. The van der Waals surface area contributed by atoms with Crippen LogP contribution in [0.4, 0.5) is 0 Å². The van der Waals surface area contributed by atoms with E-state index in [0.29, 0.717) is 11.7 Å². The van der Waals surface area contributed by atoms with Crippen molar-refractivity contribution in [2.45, 2.75) is 18.8 Å². The topological polar surface area (TPSA) is 95.2 Å². The first-order valence-electron chi connectivity index (χ1n) is 8.25. The Morgan fingerprint density at radius 3 is 2.83 bits per heavy atom. The number of fused-ring (bicyclic) bond motifs is 2. The van der Waals surface area contributed by atoms with Gasteiger partial charge in [-0.2, -0.15) is 5.10 Å². The molecule has 5 heterocycles. The monoisotopic (exact) mass is 319 g/mol. The SMILES string of the molecule is c1cnc2[nH]c(-c3n[nH]c4ccc(C5CCNCC5)nc34)nc2c1. The Bertz CT molecular complexity index is 977. The quantitative estimate of drug-likeness (QED) is 0.527. The molecule has 1 fully saturated rings. The molecule has 120 valence electrons. The van der Waals surface area contributed by atoms with Crippen LogP contribution in [0.1, 0.15) is 24.5 Å². The number of H-pyrrole nitrogens is 2. The van der Waals surface area contributed by atoms with Crippen LogP contribution in [0.5, 0.6) is 0 Å². The lowest BCUT2D eigenvalue weighted by atomic mass is 9.94. The largest absolute Gasteiger partial charge is 0.321 e. The molecular formula is C17H17N7. The van der Waals surface area contributed by atoms with E-state index >= 15 is 0 Å². The van der Waals surface area contributed by atoms with Crippen LogP contribution in [0.15, 0.2) is 30.5 Å². The zero-order chi connectivity index (χ0) is 15.9. The van der Waals surface area contributed by atoms with Crippen LogP contribution in [0.25, 0.3) is 33.7 Å². The second-order valence-corrected chi connectivity index (χ2v) is 6.19. The minimum absolute atomic E-state index is 0.510. The fraction of sp³-hybridized carbons (Fsp3) is 0.294. The van der Waals surface area contributed by atoms with Gasteiger partial charge < -0.3 is 10.3 Å². The first kappa shape index (κ1) is 13.6. The first-order chi connectivity index (χ1) is 11.9. The Morgan fingerprint density at radius 1 is 1.04 bits per heavy atom. The summed E-state index contributed by atoms with van der Waals surface area (Å²) in [5.74, 6) is 1.21. The number of rotatable bonds is 2. The molecule has 0 bridgehead atoms. The van der Waals surface area contributed by atoms with Gasteiger partial charge in [-0.15, -0.1) is 0 Å². The molecule has 0 amide bonds. The summed E-state index contributed by atoms with van der Waals surface area (Å²) in [6.07, 6.45) is 4.00. The van der Waals surface area contributed by atoms with Crippen molar-refractivity contribution in [2.75, 3.05) is 13.1 Å². The third kappa shape index (κ3) is 2.16. The number of aromatic nitrogens is 6. The van der Waals surface area contributed by atoms with Crippen molar-refractivity contribution >= 4 is 22.2 Å². The lowest BCUT2D eigenvalue weighted by Crippen LogP contribution is -2.27. The van der Waals surface area contributed by atoms with Crippen LogP contribution >= 0.6 is 0 Å². The number of nitrogens with zero attached hydrogens (tertiary/aromatic N) is 4. The zero-order valence-electron chi connectivity index (χ0n) is 13.1. The summed E-state index contributed by atoms with van der Waals surface area (Å²) >= 11 is 0. The van der Waals surface area contributed by atoms with Crippen molar-refractivity contribution in [1.29, 1.82) is 0 Å². The minimum atomic E-state index is 0.510. The smallest absolute Gasteiger partial charge is 0.162 e. The van der Waals surface area contributed by atoms with Crippen LogP contribution in [-0.2, 0) is 0 Å². The van der Waals surface area contributed by atoms with Gasteiger partial charge >= 0.3 is 0 Å². The molecule has 4 aromatic rings. The van der Waals surface area contributed by atoms with Crippen molar-refractivity contribution in [3.63, 3.8) is 0 Å². The van der Waals surface area contributed by atoms with E-state index in [4.69, 9.17) is 4.98 Å². The average Bonchev–Trinajstić information content (AvgIpc) is 3.25. The highest BCUT2D eigenvalue weighted by Crippen LogP contribution is 2.28. The van der Waals surface area contributed by atoms with Crippen molar-refractivity contribution < 1.29 is 0 Å². The van der Waals surface area contributed by atoms with E-state index < -0.39 is 0 Å². The maximum absolute atomic E-state index is 4.90. The van der Waals surface area contributed by atoms with Crippen molar-refractivity contribution in [2.24, 2.45) is 0 Å². The Balaban J connectivity index is 1.62. The molecule has 1 saturated heterocycles. The highest BCUT2D eigenvalue weighted by molar-refractivity contribution is 5.89. The second kappa shape index (κ2) is 5.38. The zero-order valence-corrected chi connectivity index (χ0v) is 13.1. The van der Waals surface area contributed by atoms with E-state index in [9.17, 15) is 0 Å². The lowest BCUT2D eigenvalue weighted by Gasteiger charge is -2.22. The van der Waals surface area contributed by atoms with Crippen molar-refractivity contribution in [3.8, 4) is 11.5 Å². The average molecular weight is 319 g/mol. The van der Waals surface area contributed by atoms with Crippen LogP contribution in [0.3, 0.4) is 0 Å². The maximum atomic E-state index is 4.90. The molecule has 5 rings (SSSR count). The number of nitrogens with one attached hydrogen (secondary N) is 3. The molecule has 1 aliphatic heterocycles. The summed E-state index contributed by atoms with van der Waals surface area (Å²) in [6, 6.07) is 7.99. The summed E-state index contributed by atoms with van der Waals surface area (Å²) < 4.78 is 0. The molecule has 7 nitrogen and oxygen atoms in total. The molecule has 3 N–H and O–H groups in total. The van der Waals surface area contributed by atoms with Gasteiger partial charge in [-0.1, -0.05) is 0 Å². The van der Waals surface area contributed by atoms with Crippen LogP contribution in [0.2, 0.25) is 0 Å². The molecule has 24 heavy (non-hydrogen) atoms. The van der Waals surface area contributed by atoms with Crippen LogP contribution < -0.4 is 5.32 Å². The van der Waals surface area contributed by atoms with Gasteiger partial charge in [0.15, 0.2) is 17.2 Å². The molecule has 0 aromatic carbocycles. The third-order valence-corrected chi connectivity index (χ3v) is 4.67. The van der Waals surface area contributed by atoms with Gasteiger partial charge in [-0.3, -0.25) is 5.10 Å². The van der Waals surface area contributed by atoms with E-state index in [1.807, 2.05) is 12.1 Å². The number of aromatic amines is 2. The van der Waals surface area contributed by atoms with Gasteiger partial charge in [-0.05, 0) is 50.2 Å². The van der Waals surface area contributed by atoms with Crippen LogP contribution in [0, 0.1) is 0 Å². The number of piperidine rings is 1. The predicted octanol–water partition coefficient (Wildman–Crippen LogP) is 2.36. The van der Waals surface area contributed by atoms with Gasteiger partial charge in [0.05, 0.1) is 5.52 Å². The molecule has 1 aliphatic rings. The van der Waals surface area contributed by atoms with Gasteiger partial charge in [0.1, 0.15) is 11.0 Å². The lowest BCUT2D eigenvalue weighted by molar-refractivity contribution is 0.454. The normalized spacial score (nSPS) is 16.2. The maximum Gasteiger partial charge on any atom is 0.162 e. The summed E-state index contributed by atoms with van der Waals surface area (Å²) in [4.78, 5) is 17.0. The van der Waals surface area contributed by atoms with E-state index in [0.717, 1.165) is 59.5 Å². The molecule has 0 saturated carbocycles. The molecule has 4 aromatic heterocycles. The molecule has 0 atom stereocenters. The molecular weight excluding hydrogens is 302 g/mol. The number of hydrogen-bond acceptors (Lipinski definition) is 5. The Hall–Kier alpha value is -2.80. The van der Waals surface area contributed by atoms with E-state index in [2.05, 4.69) is 42.6 Å². The number of pyridine rings is 2. The fourth-order valence-electron chi connectivity index (χ4n) is 3.38. The standard InChI is InChI=1S/C17H17N7/c1-2-13-16(19-7-1)22-17(21-13)15-14-12(23-24-15)4-3-11(20-14)10-5-8-18-9-6-10/h1-4,7,10,18H,5-6,8-9H2,(H,23,24)(H,19,21,22). The number of imidazole rings is 1. The van der Waals surface area contributed by atoms with E-state index in [-0.39, 0.29) is 0 Å². The predicted molar refractivity (Wildman–Crippen MR) is 91.6 cm³/mol. The summed E-state index contributed by atoms with van der Waals surface area (Å²) in [6.45, 7) is 2.11. The van der Waals surface area contributed by atoms with Gasteiger partial charge in [0.25, 0.3) is 0 Å². The van der Waals surface area contributed by atoms with E-state index in [1.54, 1.807) is 6.20 Å². The molecule has 0 radical (unpaired) electrons. The Kier molecular flexibility index (Phi) is 3.05. The first-order valence-corrected chi connectivity index (χ1v) is 8.25. The van der Waals surface area contributed by atoms with Crippen molar-refractivity contribution in [3.05, 3.63) is 36.2 Å². The van der Waals surface area contributed by atoms with Gasteiger partial charge in [0.2, 0.25) is 0 Å². The molecule has 0 aliphatic carbocycles.